The number of rotatable bonds is 13. The summed E-state index contributed by atoms with van der Waals surface area (Å²) in [5.74, 6) is -0.823. The monoisotopic (exact) mass is 644 g/mol. The minimum Gasteiger partial charge on any atom is -0.495 e. The molecule has 3 aromatic rings. The molecule has 13 heteroatoms. The maximum atomic E-state index is 14.2. The van der Waals surface area contributed by atoms with E-state index in [4.69, 9.17) is 16.3 Å². The summed E-state index contributed by atoms with van der Waals surface area (Å²) in [4.78, 5) is 39.2. The van der Waals surface area contributed by atoms with E-state index >= 15 is 0 Å². The summed E-state index contributed by atoms with van der Waals surface area (Å²) >= 11 is 6.26. The molecule has 3 aromatic carbocycles. The van der Waals surface area contributed by atoms with E-state index in [-0.39, 0.29) is 34.5 Å². The van der Waals surface area contributed by atoms with Crippen LogP contribution in [0.5, 0.6) is 5.75 Å². The normalized spacial score (nSPS) is 12.0. The number of halogens is 1. The molecule has 3 rings (SSSR count). The van der Waals surface area contributed by atoms with Gasteiger partial charge in [0.15, 0.2) is 0 Å². The lowest BCUT2D eigenvalue weighted by atomic mass is 10.1. The van der Waals surface area contributed by atoms with Crippen molar-refractivity contribution < 1.29 is 27.7 Å². The predicted octanol–water partition coefficient (Wildman–Crippen LogP) is 5.26. The van der Waals surface area contributed by atoms with Crippen molar-refractivity contribution in [3.8, 4) is 5.75 Å². The van der Waals surface area contributed by atoms with Crippen molar-refractivity contribution >= 4 is 44.8 Å². The SMILES string of the molecule is COc1ccc(Cl)cc1N(CC(=O)N(Cc1cccc(C)c1)[C@@H](C)C(=O)NCC(C)C)S(=O)(=O)c1ccc(C)c([N+](=O)[O-])c1. The third-order valence-electron chi connectivity index (χ3n) is 6.94. The van der Waals surface area contributed by atoms with Crippen LogP contribution in [0.15, 0.2) is 65.6 Å². The summed E-state index contributed by atoms with van der Waals surface area (Å²) in [5.41, 5.74) is 1.50. The Balaban J connectivity index is 2.15. The molecule has 1 atom stereocenters. The van der Waals surface area contributed by atoms with E-state index < -0.39 is 49.9 Å². The van der Waals surface area contributed by atoms with Crippen LogP contribution in [0.2, 0.25) is 5.02 Å². The lowest BCUT2D eigenvalue weighted by Gasteiger charge is -2.32. The fourth-order valence-electron chi connectivity index (χ4n) is 4.49. The third-order valence-corrected chi connectivity index (χ3v) is 8.93. The number of methoxy groups -OCH3 is 1. The highest BCUT2D eigenvalue weighted by Crippen LogP contribution is 2.36. The molecule has 0 aliphatic heterocycles. The number of hydrogen-bond donors (Lipinski definition) is 1. The summed E-state index contributed by atoms with van der Waals surface area (Å²) in [5, 5.41) is 14.7. The quantitative estimate of drug-likeness (QED) is 0.198. The summed E-state index contributed by atoms with van der Waals surface area (Å²) < 4.78 is 34.6. The summed E-state index contributed by atoms with van der Waals surface area (Å²) in [6, 6.07) is 14.2. The molecule has 0 bridgehead atoms. The van der Waals surface area contributed by atoms with Crippen LogP contribution in [0.3, 0.4) is 0 Å². The molecule has 0 radical (unpaired) electrons. The molecule has 44 heavy (non-hydrogen) atoms. The van der Waals surface area contributed by atoms with Crippen molar-refractivity contribution in [1.82, 2.24) is 10.2 Å². The highest BCUT2D eigenvalue weighted by molar-refractivity contribution is 7.92. The molecule has 236 valence electrons. The van der Waals surface area contributed by atoms with Crippen molar-refractivity contribution in [2.24, 2.45) is 5.92 Å². The summed E-state index contributed by atoms with van der Waals surface area (Å²) in [6.07, 6.45) is 0. The average Bonchev–Trinajstić information content (AvgIpc) is 2.96. The maximum Gasteiger partial charge on any atom is 0.273 e. The number of benzene rings is 3. The Labute approximate surface area is 263 Å². The van der Waals surface area contributed by atoms with Crippen LogP contribution in [0.1, 0.15) is 37.5 Å². The molecular weight excluding hydrogens is 608 g/mol. The Morgan fingerprint density at radius 3 is 2.36 bits per heavy atom. The molecule has 0 saturated heterocycles. The zero-order chi connectivity index (χ0) is 32.8. The van der Waals surface area contributed by atoms with Gasteiger partial charge in [0, 0.05) is 29.7 Å². The highest BCUT2D eigenvalue weighted by atomic mass is 35.5. The fraction of sp³-hybridized carbons (Fsp3) is 0.355. The summed E-state index contributed by atoms with van der Waals surface area (Å²) in [6.45, 7) is 8.50. The molecular formula is C31H37ClN4O7S. The number of carbonyl (C=O) groups is 2. The number of nitrogens with one attached hydrogen (secondary N) is 1. The van der Waals surface area contributed by atoms with E-state index in [1.54, 1.807) is 6.92 Å². The number of carbonyl (C=O) groups excluding carboxylic acids is 2. The van der Waals surface area contributed by atoms with Crippen molar-refractivity contribution in [2.75, 3.05) is 24.5 Å². The maximum absolute atomic E-state index is 14.2. The first-order chi connectivity index (χ1) is 20.6. The predicted molar refractivity (Wildman–Crippen MR) is 169 cm³/mol. The van der Waals surface area contributed by atoms with Gasteiger partial charge in [0.1, 0.15) is 18.3 Å². The Morgan fingerprint density at radius 2 is 1.75 bits per heavy atom. The zero-order valence-corrected chi connectivity index (χ0v) is 27.1. The first-order valence-electron chi connectivity index (χ1n) is 13.9. The number of sulfonamides is 1. The Kier molecular flexibility index (Phi) is 11.3. The van der Waals surface area contributed by atoms with Crippen LogP contribution in [0.25, 0.3) is 0 Å². The number of nitro groups is 1. The Morgan fingerprint density at radius 1 is 1.05 bits per heavy atom. The van der Waals surface area contributed by atoms with E-state index in [1.165, 1.54) is 49.3 Å². The smallest absolute Gasteiger partial charge is 0.273 e. The first-order valence-corrected chi connectivity index (χ1v) is 15.7. The number of amides is 2. The second-order valence-corrected chi connectivity index (χ2v) is 13.2. The van der Waals surface area contributed by atoms with Gasteiger partial charge in [-0.1, -0.05) is 61.3 Å². The number of hydrogen-bond acceptors (Lipinski definition) is 7. The van der Waals surface area contributed by atoms with Gasteiger partial charge < -0.3 is 15.0 Å². The second-order valence-electron chi connectivity index (χ2n) is 10.9. The fourth-order valence-corrected chi connectivity index (χ4v) is 6.09. The molecule has 0 heterocycles. The van der Waals surface area contributed by atoms with Gasteiger partial charge in [-0.3, -0.25) is 24.0 Å². The van der Waals surface area contributed by atoms with E-state index in [9.17, 15) is 28.1 Å². The van der Waals surface area contributed by atoms with Gasteiger partial charge in [-0.2, -0.15) is 0 Å². The second kappa shape index (κ2) is 14.5. The molecule has 0 aliphatic rings. The molecule has 1 N–H and O–H groups in total. The standard InChI is InChI=1S/C31H37ClN4O7S/c1-20(2)17-33-31(38)23(5)34(18-24-9-7-8-21(3)14-24)30(37)19-35(28-15-25(32)11-13-29(28)43-6)44(41,42)26-12-10-22(4)27(16-26)36(39)40/h7-16,20,23H,17-19H2,1-6H3,(H,33,38)/t23-/m0/s1. The number of aryl methyl sites for hydroxylation is 2. The highest BCUT2D eigenvalue weighted by Gasteiger charge is 2.35. The van der Waals surface area contributed by atoms with Gasteiger partial charge in [0.25, 0.3) is 15.7 Å². The van der Waals surface area contributed by atoms with Crippen LogP contribution in [-0.2, 0) is 26.2 Å². The van der Waals surface area contributed by atoms with E-state index in [2.05, 4.69) is 5.32 Å². The molecule has 0 unspecified atom stereocenters. The van der Waals surface area contributed by atoms with Crippen LogP contribution in [0.4, 0.5) is 11.4 Å². The number of ether oxygens (including phenoxy) is 1. The summed E-state index contributed by atoms with van der Waals surface area (Å²) in [7, 11) is -3.28. The van der Waals surface area contributed by atoms with Crippen LogP contribution in [0, 0.1) is 29.9 Å². The van der Waals surface area contributed by atoms with Crippen molar-refractivity contribution in [1.29, 1.82) is 0 Å². The van der Waals surface area contributed by atoms with Gasteiger partial charge in [-0.25, -0.2) is 8.42 Å². The van der Waals surface area contributed by atoms with Crippen molar-refractivity contribution in [3.63, 3.8) is 0 Å². The molecule has 2 amide bonds. The lowest BCUT2D eigenvalue weighted by molar-refractivity contribution is -0.385. The number of nitro benzene ring substituents is 1. The van der Waals surface area contributed by atoms with Crippen LogP contribution in [-0.4, -0.2) is 56.3 Å². The lowest BCUT2D eigenvalue weighted by Crippen LogP contribution is -2.51. The van der Waals surface area contributed by atoms with Crippen LogP contribution >= 0.6 is 11.6 Å². The van der Waals surface area contributed by atoms with Crippen molar-refractivity contribution in [2.45, 2.75) is 52.1 Å². The minimum atomic E-state index is -4.61. The minimum absolute atomic E-state index is 0.0212. The molecule has 0 aromatic heterocycles. The first kappa shape index (κ1) is 34.3. The van der Waals surface area contributed by atoms with Gasteiger partial charge in [-0.05, 0) is 56.5 Å². The molecule has 11 nitrogen and oxygen atoms in total. The van der Waals surface area contributed by atoms with Gasteiger partial charge in [0.05, 0.1) is 22.6 Å². The molecule has 0 fully saturated rings. The van der Waals surface area contributed by atoms with Crippen LogP contribution < -0.4 is 14.4 Å². The number of nitrogens with zero attached hydrogens (tertiary/aromatic N) is 3. The Bertz CT molecular complexity index is 1650. The average molecular weight is 645 g/mol. The van der Waals surface area contributed by atoms with Crippen molar-refractivity contribution in [3.05, 3.63) is 92.5 Å². The zero-order valence-electron chi connectivity index (χ0n) is 25.5. The molecule has 0 spiro atoms. The number of anilines is 1. The van der Waals surface area contributed by atoms with E-state index in [0.29, 0.717) is 6.54 Å². The van der Waals surface area contributed by atoms with Gasteiger partial charge in [-0.15, -0.1) is 0 Å². The molecule has 0 saturated carbocycles. The topological polar surface area (TPSA) is 139 Å². The third kappa shape index (κ3) is 8.26. The largest absolute Gasteiger partial charge is 0.495 e. The Hall–Kier alpha value is -4.16. The van der Waals surface area contributed by atoms with E-state index in [1.807, 2.05) is 45.0 Å². The van der Waals surface area contributed by atoms with E-state index in [0.717, 1.165) is 21.5 Å². The van der Waals surface area contributed by atoms with Gasteiger partial charge in [0.2, 0.25) is 11.8 Å². The van der Waals surface area contributed by atoms with Gasteiger partial charge >= 0.3 is 0 Å². The molecule has 0 aliphatic carbocycles.